The van der Waals surface area contributed by atoms with Gasteiger partial charge in [-0.05, 0) is 37.5 Å². The highest BCUT2D eigenvalue weighted by molar-refractivity contribution is 5.47. The lowest BCUT2D eigenvalue weighted by molar-refractivity contribution is 0.354. The van der Waals surface area contributed by atoms with Crippen LogP contribution >= 0.6 is 0 Å². The Kier molecular flexibility index (Phi) is 5.03. The molecule has 0 bridgehead atoms. The second-order valence-electron chi connectivity index (χ2n) is 5.93. The minimum absolute atomic E-state index is 0.663. The molecule has 0 saturated carbocycles. The van der Waals surface area contributed by atoms with Gasteiger partial charge in [0.05, 0.1) is 14.2 Å². The third kappa shape index (κ3) is 3.69. The molecule has 0 radical (unpaired) electrons. The molecular formula is C18H24N4O2. The lowest BCUT2D eigenvalue weighted by Crippen LogP contribution is -2.21. The van der Waals surface area contributed by atoms with E-state index in [-0.39, 0.29) is 0 Å². The van der Waals surface area contributed by atoms with Gasteiger partial charge in [-0.1, -0.05) is 6.07 Å². The Morgan fingerprint density at radius 3 is 2.50 bits per heavy atom. The zero-order valence-corrected chi connectivity index (χ0v) is 14.5. The molecule has 6 heteroatoms. The molecule has 1 aromatic heterocycles. The molecule has 2 heterocycles. The minimum atomic E-state index is 0.663. The van der Waals surface area contributed by atoms with Gasteiger partial charge < -0.3 is 19.7 Å². The van der Waals surface area contributed by atoms with E-state index in [9.17, 15) is 0 Å². The summed E-state index contributed by atoms with van der Waals surface area (Å²) in [5, 5.41) is 3.38. The highest BCUT2D eigenvalue weighted by Crippen LogP contribution is 2.28. The van der Waals surface area contributed by atoms with Gasteiger partial charge in [-0.25, -0.2) is 4.98 Å². The molecule has 1 fully saturated rings. The largest absolute Gasteiger partial charge is 0.493 e. The van der Waals surface area contributed by atoms with Crippen molar-refractivity contribution in [2.45, 2.75) is 26.3 Å². The molecule has 0 aliphatic carbocycles. The van der Waals surface area contributed by atoms with E-state index in [0.29, 0.717) is 6.54 Å². The van der Waals surface area contributed by atoms with Crippen LogP contribution in [0.15, 0.2) is 24.3 Å². The molecule has 6 nitrogen and oxygen atoms in total. The van der Waals surface area contributed by atoms with Crippen molar-refractivity contribution in [1.29, 1.82) is 0 Å². The number of benzene rings is 1. The fraction of sp³-hybridized carbons (Fsp3) is 0.444. The molecule has 0 spiro atoms. The molecule has 1 aliphatic rings. The van der Waals surface area contributed by atoms with E-state index in [1.807, 2.05) is 31.2 Å². The third-order valence-corrected chi connectivity index (χ3v) is 4.15. The standard InChI is InChI=1S/C18H24N4O2/c1-13-10-17(21-18(20-13)22-8-4-5-9-22)19-12-14-6-7-15(23-2)16(11-14)24-3/h6-7,10-11H,4-5,8-9,12H2,1-3H3,(H,19,20,21). The first kappa shape index (κ1) is 16.4. The van der Waals surface area contributed by atoms with Crippen molar-refractivity contribution in [1.82, 2.24) is 9.97 Å². The van der Waals surface area contributed by atoms with Crippen LogP contribution in [0.5, 0.6) is 11.5 Å². The average molecular weight is 328 g/mol. The summed E-state index contributed by atoms with van der Waals surface area (Å²) < 4.78 is 10.6. The number of aromatic nitrogens is 2. The first-order valence-electron chi connectivity index (χ1n) is 8.25. The Balaban J connectivity index is 1.72. The molecule has 1 aliphatic heterocycles. The molecule has 1 N–H and O–H groups in total. The van der Waals surface area contributed by atoms with Gasteiger partial charge in [-0.3, -0.25) is 0 Å². The van der Waals surface area contributed by atoms with Crippen LogP contribution in [0, 0.1) is 6.92 Å². The van der Waals surface area contributed by atoms with E-state index in [0.717, 1.165) is 47.6 Å². The molecule has 0 unspecified atom stereocenters. The number of nitrogens with one attached hydrogen (secondary N) is 1. The number of aryl methyl sites for hydroxylation is 1. The monoisotopic (exact) mass is 328 g/mol. The van der Waals surface area contributed by atoms with Crippen LogP contribution in [0.25, 0.3) is 0 Å². The Hall–Kier alpha value is -2.50. The van der Waals surface area contributed by atoms with Crippen molar-refractivity contribution in [2.75, 3.05) is 37.5 Å². The van der Waals surface area contributed by atoms with Gasteiger partial charge >= 0.3 is 0 Å². The van der Waals surface area contributed by atoms with Gasteiger partial charge in [0.25, 0.3) is 0 Å². The Morgan fingerprint density at radius 2 is 1.79 bits per heavy atom. The summed E-state index contributed by atoms with van der Waals surface area (Å²) in [5.41, 5.74) is 2.08. The first-order chi connectivity index (χ1) is 11.7. The molecule has 2 aromatic rings. The van der Waals surface area contributed by atoms with Gasteiger partial charge in [0, 0.05) is 31.4 Å². The van der Waals surface area contributed by atoms with Crippen LogP contribution in [-0.4, -0.2) is 37.3 Å². The van der Waals surface area contributed by atoms with Crippen LogP contribution in [0.2, 0.25) is 0 Å². The molecule has 1 aromatic carbocycles. The van der Waals surface area contributed by atoms with Gasteiger partial charge in [0.15, 0.2) is 11.5 Å². The topological polar surface area (TPSA) is 59.5 Å². The summed E-state index contributed by atoms with van der Waals surface area (Å²) in [4.78, 5) is 11.5. The van der Waals surface area contributed by atoms with E-state index >= 15 is 0 Å². The predicted molar refractivity (Wildman–Crippen MR) is 95.1 cm³/mol. The fourth-order valence-electron chi connectivity index (χ4n) is 2.89. The summed E-state index contributed by atoms with van der Waals surface area (Å²) in [6.07, 6.45) is 2.43. The van der Waals surface area contributed by atoms with E-state index in [2.05, 4.69) is 20.2 Å². The van der Waals surface area contributed by atoms with E-state index in [4.69, 9.17) is 9.47 Å². The lowest BCUT2D eigenvalue weighted by atomic mass is 10.2. The quantitative estimate of drug-likeness (QED) is 0.879. The van der Waals surface area contributed by atoms with E-state index in [1.54, 1.807) is 14.2 Å². The molecule has 128 valence electrons. The maximum absolute atomic E-state index is 5.35. The Bertz CT molecular complexity index is 699. The number of anilines is 2. The van der Waals surface area contributed by atoms with Crippen molar-refractivity contribution in [2.24, 2.45) is 0 Å². The number of methoxy groups -OCH3 is 2. The van der Waals surface area contributed by atoms with E-state index < -0.39 is 0 Å². The highest BCUT2D eigenvalue weighted by atomic mass is 16.5. The molecular weight excluding hydrogens is 304 g/mol. The number of rotatable bonds is 6. The smallest absolute Gasteiger partial charge is 0.227 e. The maximum atomic E-state index is 5.35. The lowest BCUT2D eigenvalue weighted by Gasteiger charge is -2.17. The first-order valence-corrected chi connectivity index (χ1v) is 8.25. The summed E-state index contributed by atoms with van der Waals surface area (Å²) in [6, 6.07) is 7.88. The molecule has 3 rings (SSSR count). The van der Waals surface area contributed by atoms with Crippen molar-refractivity contribution >= 4 is 11.8 Å². The van der Waals surface area contributed by atoms with Gasteiger partial charge in [0.1, 0.15) is 5.82 Å². The fourth-order valence-corrected chi connectivity index (χ4v) is 2.89. The van der Waals surface area contributed by atoms with Crippen molar-refractivity contribution in [3.05, 3.63) is 35.5 Å². The number of ether oxygens (including phenoxy) is 2. The summed E-state index contributed by atoms with van der Waals surface area (Å²) in [6.45, 7) is 4.75. The van der Waals surface area contributed by atoms with Gasteiger partial charge in [-0.2, -0.15) is 4.98 Å². The van der Waals surface area contributed by atoms with Crippen LogP contribution < -0.4 is 19.7 Å². The Morgan fingerprint density at radius 1 is 1.04 bits per heavy atom. The zero-order valence-electron chi connectivity index (χ0n) is 14.5. The molecule has 1 saturated heterocycles. The third-order valence-electron chi connectivity index (χ3n) is 4.15. The van der Waals surface area contributed by atoms with Crippen LogP contribution in [-0.2, 0) is 6.54 Å². The summed E-state index contributed by atoms with van der Waals surface area (Å²) in [7, 11) is 3.28. The van der Waals surface area contributed by atoms with Gasteiger partial charge in [-0.15, -0.1) is 0 Å². The highest BCUT2D eigenvalue weighted by Gasteiger charge is 2.16. The Labute approximate surface area is 142 Å². The van der Waals surface area contributed by atoms with Crippen molar-refractivity contribution in [3.63, 3.8) is 0 Å². The second kappa shape index (κ2) is 7.38. The van der Waals surface area contributed by atoms with Crippen molar-refractivity contribution < 1.29 is 9.47 Å². The summed E-state index contributed by atoms with van der Waals surface area (Å²) >= 11 is 0. The van der Waals surface area contributed by atoms with Crippen LogP contribution in [0.4, 0.5) is 11.8 Å². The normalized spacial score (nSPS) is 13.9. The van der Waals surface area contributed by atoms with Crippen LogP contribution in [0.3, 0.4) is 0 Å². The molecule has 0 atom stereocenters. The van der Waals surface area contributed by atoms with Gasteiger partial charge in [0.2, 0.25) is 5.95 Å². The predicted octanol–water partition coefficient (Wildman–Crippen LogP) is 3.01. The number of hydrogen-bond acceptors (Lipinski definition) is 6. The second-order valence-corrected chi connectivity index (χ2v) is 5.93. The zero-order chi connectivity index (χ0) is 16.9. The van der Waals surface area contributed by atoms with Crippen molar-refractivity contribution in [3.8, 4) is 11.5 Å². The maximum Gasteiger partial charge on any atom is 0.227 e. The summed E-state index contributed by atoms with van der Waals surface area (Å²) in [5.74, 6) is 3.13. The SMILES string of the molecule is COc1ccc(CNc2cc(C)nc(N3CCCC3)n2)cc1OC. The van der Waals surface area contributed by atoms with E-state index in [1.165, 1.54) is 12.8 Å². The van der Waals surface area contributed by atoms with Crippen LogP contribution in [0.1, 0.15) is 24.1 Å². The number of nitrogens with zero attached hydrogens (tertiary/aromatic N) is 3. The number of hydrogen-bond donors (Lipinski definition) is 1. The minimum Gasteiger partial charge on any atom is -0.493 e. The molecule has 24 heavy (non-hydrogen) atoms. The average Bonchev–Trinajstić information content (AvgIpc) is 3.14. The molecule has 0 amide bonds.